The maximum absolute atomic E-state index is 5.44. The van der Waals surface area contributed by atoms with Gasteiger partial charge in [0, 0.05) is 17.8 Å². The molecule has 0 aliphatic carbocycles. The topological polar surface area (TPSA) is 30.5 Å². The number of aryl methyl sites for hydroxylation is 1. The number of hydrogen-bond acceptors (Lipinski definition) is 3. The van der Waals surface area contributed by atoms with Crippen LogP contribution in [0.2, 0.25) is 0 Å². The predicted octanol–water partition coefficient (Wildman–Crippen LogP) is 3.93. The van der Waals surface area contributed by atoms with Crippen molar-refractivity contribution in [1.82, 2.24) is 0 Å². The summed E-state index contributed by atoms with van der Waals surface area (Å²) >= 11 is 0. The van der Waals surface area contributed by atoms with E-state index in [1.165, 1.54) is 5.56 Å². The van der Waals surface area contributed by atoms with Crippen LogP contribution in [0.25, 0.3) is 0 Å². The van der Waals surface area contributed by atoms with Gasteiger partial charge in [0.2, 0.25) is 0 Å². The number of anilines is 1. The van der Waals surface area contributed by atoms with Crippen LogP contribution in [0.15, 0.2) is 36.4 Å². The number of methoxy groups -OCH3 is 2. The largest absolute Gasteiger partial charge is 0.497 e. The second-order valence-corrected chi connectivity index (χ2v) is 4.79. The van der Waals surface area contributed by atoms with Crippen LogP contribution in [0.1, 0.15) is 16.7 Å². The molecular formula is C17H21NO2. The monoisotopic (exact) mass is 271 g/mol. The van der Waals surface area contributed by atoms with Crippen LogP contribution in [0, 0.1) is 13.8 Å². The lowest BCUT2D eigenvalue weighted by molar-refractivity contribution is 0.409. The van der Waals surface area contributed by atoms with E-state index in [1.54, 1.807) is 14.2 Å². The molecule has 0 radical (unpaired) electrons. The molecule has 0 aliphatic rings. The molecular weight excluding hydrogens is 250 g/mol. The Kier molecular flexibility index (Phi) is 4.51. The molecule has 0 atom stereocenters. The number of ether oxygens (including phenoxy) is 2. The highest BCUT2D eigenvalue weighted by atomic mass is 16.5. The summed E-state index contributed by atoms with van der Waals surface area (Å²) in [5, 5.41) is 3.45. The van der Waals surface area contributed by atoms with Crippen LogP contribution < -0.4 is 14.8 Å². The van der Waals surface area contributed by atoms with Gasteiger partial charge in [-0.3, -0.25) is 0 Å². The standard InChI is InChI=1S/C17H21NO2/c1-12-8-9-16(13(2)17(12)20-4)18-11-14-6-5-7-15(10-14)19-3/h5-10,18H,11H2,1-4H3. The minimum Gasteiger partial charge on any atom is -0.497 e. The highest BCUT2D eigenvalue weighted by Crippen LogP contribution is 2.29. The molecule has 1 N–H and O–H groups in total. The molecule has 106 valence electrons. The maximum Gasteiger partial charge on any atom is 0.126 e. The van der Waals surface area contributed by atoms with Gasteiger partial charge in [-0.1, -0.05) is 18.2 Å². The quantitative estimate of drug-likeness (QED) is 0.893. The fourth-order valence-corrected chi connectivity index (χ4v) is 2.31. The van der Waals surface area contributed by atoms with Gasteiger partial charge < -0.3 is 14.8 Å². The zero-order valence-electron chi connectivity index (χ0n) is 12.5. The van der Waals surface area contributed by atoms with Crippen molar-refractivity contribution in [2.45, 2.75) is 20.4 Å². The van der Waals surface area contributed by atoms with Crippen LogP contribution in [0.4, 0.5) is 5.69 Å². The molecule has 0 unspecified atom stereocenters. The van der Waals surface area contributed by atoms with Crippen molar-refractivity contribution in [3.05, 3.63) is 53.1 Å². The summed E-state index contributed by atoms with van der Waals surface area (Å²) in [6.45, 7) is 4.88. The second-order valence-electron chi connectivity index (χ2n) is 4.79. The lowest BCUT2D eigenvalue weighted by atomic mass is 10.1. The van der Waals surface area contributed by atoms with Gasteiger partial charge >= 0.3 is 0 Å². The summed E-state index contributed by atoms with van der Waals surface area (Å²) in [6.07, 6.45) is 0. The van der Waals surface area contributed by atoms with Crippen LogP contribution in [-0.4, -0.2) is 14.2 Å². The number of hydrogen-bond donors (Lipinski definition) is 1. The zero-order valence-corrected chi connectivity index (χ0v) is 12.5. The summed E-state index contributed by atoms with van der Waals surface area (Å²) in [4.78, 5) is 0. The average molecular weight is 271 g/mol. The third kappa shape index (κ3) is 3.05. The molecule has 0 saturated heterocycles. The number of benzene rings is 2. The van der Waals surface area contributed by atoms with Gasteiger partial charge in [-0.15, -0.1) is 0 Å². The Balaban J connectivity index is 2.14. The fraction of sp³-hybridized carbons (Fsp3) is 0.294. The smallest absolute Gasteiger partial charge is 0.126 e. The Labute approximate surface area is 120 Å². The van der Waals surface area contributed by atoms with Crippen molar-refractivity contribution in [3.63, 3.8) is 0 Å². The summed E-state index contributed by atoms with van der Waals surface area (Å²) < 4.78 is 10.7. The van der Waals surface area contributed by atoms with Gasteiger partial charge in [-0.2, -0.15) is 0 Å². The Morgan fingerprint density at radius 1 is 1.00 bits per heavy atom. The van der Waals surface area contributed by atoms with E-state index < -0.39 is 0 Å². The minimum absolute atomic E-state index is 0.754. The van der Waals surface area contributed by atoms with Crippen LogP contribution in [0.3, 0.4) is 0 Å². The molecule has 0 aromatic heterocycles. The van der Waals surface area contributed by atoms with E-state index in [9.17, 15) is 0 Å². The van der Waals surface area contributed by atoms with Gasteiger partial charge in [0.25, 0.3) is 0 Å². The van der Waals surface area contributed by atoms with Crippen LogP contribution in [-0.2, 0) is 6.54 Å². The molecule has 0 spiro atoms. The molecule has 0 heterocycles. The first-order valence-electron chi connectivity index (χ1n) is 6.66. The second kappa shape index (κ2) is 6.33. The van der Waals surface area contributed by atoms with Crippen molar-refractivity contribution in [2.75, 3.05) is 19.5 Å². The Morgan fingerprint density at radius 2 is 1.80 bits per heavy atom. The van der Waals surface area contributed by atoms with E-state index in [-0.39, 0.29) is 0 Å². The molecule has 3 heteroatoms. The van der Waals surface area contributed by atoms with Crippen molar-refractivity contribution in [1.29, 1.82) is 0 Å². The molecule has 0 fully saturated rings. The van der Waals surface area contributed by atoms with E-state index in [0.717, 1.165) is 34.9 Å². The van der Waals surface area contributed by atoms with Gasteiger partial charge in [0.15, 0.2) is 0 Å². The Bertz CT molecular complexity index is 594. The Hall–Kier alpha value is -2.16. The van der Waals surface area contributed by atoms with Crippen molar-refractivity contribution in [3.8, 4) is 11.5 Å². The molecule has 0 aliphatic heterocycles. The number of nitrogens with one attached hydrogen (secondary N) is 1. The van der Waals surface area contributed by atoms with E-state index in [4.69, 9.17) is 9.47 Å². The van der Waals surface area contributed by atoms with Gasteiger partial charge in [-0.05, 0) is 43.2 Å². The molecule has 2 aromatic carbocycles. The highest BCUT2D eigenvalue weighted by molar-refractivity contribution is 5.59. The van der Waals surface area contributed by atoms with Crippen LogP contribution in [0.5, 0.6) is 11.5 Å². The SMILES string of the molecule is COc1cccc(CNc2ccc(C)c(OC)c2C)c1. The molecule has 3 nitrogen and oxygen atoms in total. The maximum atomic E-state index is 5.44. The van der Waals surface area contributed by atoms with E-state index >= 15 is 0 Å². The van der Waals surface area contributed by atoms with Crippen molar-refractivity contribution < 1.29 is 9.47 Å². The van der Waals surface area contributed by atoms with Crippen molar-refractivity contribution in [2.24, 2.45) is 0 Å². The van der Waals surface area contributed by atoms with Crippen molar-refractivity contribution >= 4 is 5.69 Å². The van der Waals surface area contributed by atoms with Crippen LogP contribution >= 0.6 is 0 Å². The average Bonchev–Trinajstić information content (AvgIpc) is 2.47. The van der Waals surface area contributed by atoms with E-state index in [1.807, 2.05) is 18.2 Å². The number of rotatable bonds is 5. The Morgan fingerprint density at radius 3 is 2.50 bits per heavy atom. The van der Waals surface area contributed by atoms with E-state index in [2.05, 4.69) is 37.4 Å². The molecule has 2 aromatic rings. The molecule has 0 saturated carbocycles. The van der Waals surface area contributed by atoms with E-state index in [0.29, 0.717) is 0 Å². The normalized spacial score (nSPS) is 10.2. The summed E-state index contributed by atoms with van der Waals surface area (Å²) in [5.41, 5.74) is 4.56. The fourth-order valence-electron chi connectivity index (χ4n) is 2.31. The lowest BCUT2D eigenvalue weighted by Crippen LogP contribution is -2.03. The zero-order chi connectivity index (χ0) is 14.5. The molecule has 0 amide bonds. The summed E-state index contributed by atoms with van der Waals surface area (Å²) in [6, 6.07) is 12.2. The minimum atomic E-state index is 0.754. The first kappa shape index (κ1) is 14.3. The summed E-state index contributed by atoms with van der Waals surface area (Å²) in [5.74, 6) is 1.82. The highest BCUT2D eigenvalue weighted by Gasteiger charge is 2.07. The predicted molar refractivity (Wildman–Crippen MR) is 82.8 cm³/mol. The first-order chi connectivity index (χ1) is 9.65. The van der Waals surface area contributed by atoms with Gasteiger partial charge in [-0.25, -0.2) is 0 Å². The van der Waals surface area contributed by atoms with Gasteiger partial charge in [0.1, 0.15) is 11.5 Å². The molecule has 20 heavy (non-hydrogen) atoms. The lowest BCUT2D eigenvalue weighted by Gasteiger charge is -2.15. The molecule has 2 rings (SSSR count). The first-order valence-corrected chi connectivity index (χ1v) is 6.66. The summed E-state index contributed by atoms with van der Waals surface area (Å²) in [7, 11) is 3.39. The molecule has 0 bridgehead atoms. The van der Waals surface area contributed by atoms with Gasteiger partial charge in [0.05, 0.1) is 14.2 Å². The third-order valence-electron chi connectivity index (χ3n) is 3.42. The third-order valence-corrected chi connectivity index (χ3v) is 3.42.